The van der Waals surface area contributed by atoms with Crippen molar-refractivity contribution in [3.8, 4) is 5.75 Å². The molecule has 0 saturated heterocycles. The first kappa shape index (κ1) is 15.2. The van der Waals surface area contributed by atoms with Gasteiger partial charge in [0.05, 0.1) is 24.2 Å². The molecule has 21 heavy (non-hydrogen) atoms. The van der Waals surface area contributed by atoms with E-state index in [1.165, 1.54) is 11.8 Å². The van der Waals surface area contributed by atoms with E-state index in [9.17, 15) is 4.79 Å². The Hall–Kier alpha value is -2.15. The zero-order chi connectivity index (χ0) is 15.4. The molecular weight excluding hydrogens is 288 g/mol. The number of hydrogen-bond donors (Lipinski definition) is 2. The van der Waals surface area contributed by atoms with Gasteiger partial charge < -0.3 is 15.8 Å². The first-order valence-corrected chi connectivity index (χ1v) is 7.27. The number of benzene rings is 1. The molecule has 112 valence electrons. The van der Waals surface area contributed by atoms with Crippen molar-refractivity contribution < 1.29 is 9.53 Å². The van der Waals surface area contributed by atoms with Gasteiger partial charge in [-0.2, -0.15) is 5.10 Å². The van der Waals surface area contributed by atoms with E-state index in [4.69, 9.17) is 10.5 Å². The number of thioether (sulfide) groups is 1. The van der Waals surface area contributed by atoms with Crippen LogP contribution in [-0.4, -0.2) is 28.0 Å². The molecule has 0 aliphatic carbocycles. The quantitative estimate of drug-likeness (QED) is 0.653. The van der Waals surface area contributed by atoms with E-state index in [-0.39, 0.29) is 11.2 Å². The van der Waals surface area contributed by atoms with Crippen molar-refractivity contribution in [3.63, 3.8) is 0 Å². The first-order valence-electron chi connectivity index (χ1n) is 6.39. The molecule has 1 unspecified atom stereocenters. The van der Waals surface area contributed by atoms with Gasteiger partial charge in [-0.3, -0.25) is 9.48 Å². The van der Waals surface area contributed by atoms with Crippen LogP contribution < -0.4 is 15.8 Å². The first-order chi connectivity index (χ1) is 9.99. The second-order valence-corrected chi connectivity index (χ2v) is 5.97. The van der Waals surface area contributed by atoms with E-state index in [1.54, 1.807) is 36.2 Å². The number of nitrogen functional groups attached to an aromatic ring is 1. The smallest absolute Gasteiger partial charge is 0.237 e. The van der Waals surface area contributed by atoms with E-state index >= 15 is 0 Å². The molecule has 0 saturated carbocycles. The standard InChI is InChI=1S/C14H18N4O2S/c1-9(21-11-7-16-18(2)8-11)14(19)17-12-6-10(15)4-5-13(12)20-3/h4-9H,15H2,1-3H3,(H,17,19). The van der Waals surface area contributed by atoms with Crippen molar-refractivity contribution in [3.05, 3.63) is 30.6 Å². The van der Waals surface area contributed by atoms with E-state index in [0.29, 0.717) is 17.1 Å². The highest BCUT2D eigenvalue weighted by molar-refractivity contribution is 8.00. The third-order valence-corrected chi connectivity index (χ3v) is 3.90. The van der Waals surface area contributed by atoms with Gasteiger partial charge in [0.2, 0.25) is 5.91 Å². The van der Waals surface area contributed by atoms with Gasteiger partial charge >= 0.3 is 0 Å². The van der Waals surface area contributed by atoms with Gasteiger partial charge in [-0.15, -0.1) is 11.8 Å². The Bertz CT molecular complexity index is 642. The van der Waals surface area contributed by atoms with Crippen molar-refractivity contribution in [2.45, 2.75) is 17.1 Å². The molecule has 2 rings (SSSR count). The Morgan fingerprint density at radius 1 is 1.52 bits per heavy atom. The molecule has 0 spiro atoms. The van der Waals surface area contributed by atoms with Crippen LogP contribution in [0.25, 0.3) is 0 Å². The van der Waals surface area contributed by atoms with Crippen molar-refractivity contribution in [1.82, 2.24) is 9.78 Å². The van der Waals surface area contributed by atoms with Crippen LogP contribution in [0.1, 0.15) is 6.92 Å². The molecule has 0 aliphatic heterocycles. The monoisotopic (exact) mass is 306 g/mol. The maximum atomic E-state index is 12.2. The summed E-state index contributed by atoms with van der Waals surface area (Å²) in [7, 11) is 3.39. The van der Waals surface area contributed by atoms with Gasteiger partial charge in [0.15, 0.2) is 0 Å². The number of nitrogens with one attached hydrogen (secondary N) is 1. The minimum absolute atomic E-state index is 0.118. The Morgan fingerprint density at radius 3 is 2.90 bits per heavy atom. The number of carbonyl (C=O) groups is 1. The molecule has 0 bridgehead atoms. The van der Waals surface area contributed by atoms with Crippen LogP contribution >= 0.6 is 11.8 Å². The predicted molar refractivity (Wildman–Crippen MR) is 84.6 cm³/mol. The van der Waals surface area contributed by atoms with Crippen molar-refractivity contribution in [2.24, 2.45) is 7.05 Å². The number of carbonyl (C=O) groups excluding carboxylic acids is 1. The molecule has 0 fully saturated rings. The number of ether oxygens (including phenoxy) is 1. The SMILES string of the molecule is COc1ccc(N)cc1NC(=O)C(C)Sc1cnn(C)c1. The van der Waals surface area contributed by atoms with Crippen LogP contribution in [0.4, 0.5) is 11.4 Å². The number of anilines is 2. The Kier molecular flexibility index (Phi) is 4.74. The summed E-state index contributed by atoms with van der Waals surface area (Å²) in [4.78, 5) is 13.2. The lowest BCUT2D eigenvalue weighted by Gasteiger charge is -2.14. The van der Waals surface area contributed by atoms with Crippen LogP contribution in [0.3, 0.4) is 0 Å². The number of nitrogens with two attached hydrogens (primary N) is 1. The summed E-state index contributed by atoms with van der Waals surface area (Å²) in [5.74, 6) is 0.462. The second kappa shape index (κ2) is 6.53. The molecule has 1 aromatic heterocycles. The van der Waals surface area contributed by atoms with Crippen molar-refractivity contribution in [2.75, 3.05) is 18.2 Å². The fourth-order valence-corrected chi connectivity index (χ4v) is 2.67. The lowest BCUT2D eigenvalue weighted by atomic mass is 10.2. The lowest BCUT2D eigenvalue weighted by molar-refractivity contribution is -0.115. The minimum Gasteiger partial charge on any atom is -0.495 e. The number of methoxy groups -OCH3 is 1. The molecule has 2 aromatic rings. The summed E-state index contributed by atoms with van der Waals surface area (Å²) in [6.45, 7) is 1.84. The molecule has 3 N–H and O–H groups in total. The maximum Gasteiger partial charge on any atom is 0.237 e. The van der Waals surface area contributed by atoms with E-state index in [0.717, 1.165) is 4.90 Å². The highest BCUT2D eigenvalue weighted by Gasteiger charge is 2.17. The third-order valence-electron chi connectivity index (χ3n) is 2.84. The zero-order valence-electron chi connectivity index (χ0n) is 12.2. The van der Waals surface area contributed by atoms with Gasteiger partial charge in [-0.25, -0.2) is 0 Å². The van der Waals surface area contributed by atoms with Crippen LogP contribution in [0.5, 0.6) is 5.75 Å². The van der Waals surface area contributed by atoms with E-state index in [2.05, 4.69) is 10.4 Å². The molecular formula is C14H18N4O2S. The van der Waals surface area contributed by atoms with Crippen LogP contribution in [0.2, 0.25) is 0 Å². The highest BCUT2D eigenvalue weighted by Crippen LogP contribution is 2.28. The zero-order valence-corrected chi connectivity index (χ0v) is 13.0. The van der Waals surface area contributed by atoms with Crippen molar-refractivity contribution >= 4 is 29.0 Å². The Morgan fingerprint density at radius 2 is 2.29 bits per heavy atom. The average molecular weight is 306 g/mol. The second-order valence-electron chi connectivity index (χ2n) is 4.56. The Balaban J connectivity index is 2.05. The van der Waals surface area contributed by atoms with Crippen LogP contribution in [0, 0.1) is 0 Å². The van der Waals surface area contributed by atoms with Crippen molar-refractivity contribution in [1.29, 1.82) is 0 Å². The van der Waals surface area contributed by atoms with Gasteiger partial charge in [0.1, 0.15) is 5.75 Å². The largest absolute Gasteiger partial charge is 0.495 e. The van der Waals surface area contributed by atoms with Gasteiger partial charge in [-0.05, 0) is 25.1 Å². The van der Waals surface area contributed by atoms with Gasteiger partial charge in [-0.1, -0.05) is 0 Å². The van der Waals surface area contributed by atoms with Gasteiger partial charge in [0.25, 0.3) is 0 Å². The predicted octanol–water partition coefficient (Wildman–Crippen LogP) is 2.13. The summed E-state index contributed by atoms with van der Waals surface area (Å²) in [5, 5.41) is 6.65. The molecule has 1 atom stereocenters. The summed E-state index contributed by atoms with van der Waals surface area (Å²) in [5.41, 5.74) is 6.88. The topological polar surface area (TPSA) is 82.2 Å². The van der Waals surface area contributed by atoms with Crippen LogP contribution in [-0.2, 0) is 11.8 Å². The number of rotatable bonds is 5. The number of amides is 1. The number of nitrogens with zero attached hydrogens (tertiary/aromatic N) is 2. The molecule has 1 amide bonds. The highest BCUT2D eigenvalue weighted by atomic mass is 32.2. The average Bonchev–Trinajstić information content (AvgIpc) is 2.84. The maximum absolute atomic E-state index is 12.2. The van der Waals surface area contributed by atoms with E-state index < -0.39 is 0 Å². The minimum atomic E-state index is -0.264. The summed E-state index contributed by atoms with van der Waals surface area (Å²) >= 11 is 1.44. The van der Waals surface area contributed by atoms with E-state index in [1.807, 2.05) is 20.2 Å². The molecule has 1 aromatic carbocycles. The molecule has 1 heterocycles. The Labute approximate surface area is 127 Å². The molecule has 0 aliphatic rings. The van der Waals surface area contributed by atoms with Crippen LogP contribution in [0.15, 0.2) is 35.5 Å². The normalized spacial score (nSPS) is 12.0. The summed E-state index contributed by atoms with van der Waals surface area (Å²) in [6.07, 6.45) is 3.60. The fourth-order valence-electron chi connectivity index (χ4n) is 1.77. The number of hydrogen-bond acceptors (Lipinski definition) is 5. The molecule has 6 nitrogen and oxygen atoms in total. The number of aromatic nitrogens is 2. The third kappa shape index (κ3) is 3.91. The summed E-state index contributed by atoms with van der Waals surface area (Å²) < 4.78 is 6.91. The number of aryl methyl sites for hydroxylation is 1. The molecule has 0 radical (unpaired) electrons. The fraction of sp³-hybridized carbons (Fsp3) is 0.286. The summed E-state index contributed by atoms with van der Waals surface area (Å²) in [6, 6.07) is 5.13. The molecule has 7 heteroatoms. The lowest BCUT2D eigenvalue weighted by Crippen LogP contribution is -2.22. The van der Waals surface area contributed by atoms with Gasteiger partial charge in [0, 0.05) is 23.8 Å².